The average Bonchev–Trinajstić information content (AvgIpc) is 3.10. The van der Waals surface area contributed by atoms with Gasteiger partial charge in [0, 0.05) is 17.9 Å². The molecule has 1 saturated carbocycles. The molecule has 1 saturated heterocycles. The number of nitrogens with one attached hydrogen (secondary N) is 2. The minimum absolute atomic E-state index is 0.154. The van der Waals surface area contributed by atoms with Crippen LogP contribution in [0.3, 0.4) is 0 Å². The molecule has 1 spiro atoms. The number of carbonyl (C=O) groups is 2. The van der Waals surface area contributed by atoms with Crippen molar-refractivity contribution >= 4 is 11.9 Å². The maximum atomic E-state index is 12.4. The Bertz CT molecular complexity index is 387. The fourth-order valence-electron chi connectivity index (χ4n) is 3.20. The lowest BCUT2D eigenvalue weighted by Gasteiger charge is -2.28. The third-order valence-electron chi connectivity index (χ3n) is 4.75. The maximum Gasteiger partial charge on any atom is 0.305 e. The molecule has 1 aliphatic carbocycles. The van der Waals surface area contributed by atoms with E-state index in [0.717, 1.165) is 32.4 Å². The zero-order valence-corrected chi connectivity index (χ0v) is 12.8. The fourth-order valence-corrected chi connectivity index (χ4v) is 3.20. The van der Waals surface area contributed by atoms with Crippen LogP contribution < -0.4 is 10.6 Å². The number of amides is 1. The SMILES string of the molecule is COC(=O)CCC(C)(C)NC(=O)C1CC12CCNCC2. The zero-order chi connectivity index (χ0) is 14.8. The predicted octanol–water partition coefficient (Wildman–Crippen LogP) is 1.22. The molecule has 0 aromatic carbocycles. The molecular weight excluding hydrogens is 256 g/mol. The van der Waals surface area contributed by atoms with Crippen molar-refractivity contribution in [3.05, 3.63) is 0 Å². The number of rotatable bonds is 5. The highest BCUT2D eigenvalue weighted by atomic mass is 16.5. The van der Waals surface area contributed by atoms with E-state index in [-0.39, 0.29) is 28.7 Å². The molecule has 1 atom stereocenters. The van der Waals surface area contributed by atoms with Gasteiger partial charge in [-0.2, -0.15) is 0 Å². The minimum atomic E-state index is -0.359. The van der Waals surface area contributed by atoms with Crippen LogP contribution in [-0.4, -0.2) is 37.6 Å². The Morgan fingerprint density at radius 1 is 1.35 bits per heavy atom. The summed E-state index contributed by atoms with van der Waals surface area (Å²) in [5, 5.41) is 6.45. The molecule has 1 heterocycles. The third kappa shape index (κ3) is 3.51. The van der Waals surface area contributed by atoms with E-state index >= 15 is 0 Å². The Balaban J connectivity index is 1.80. The predicted molar refractivity (Wildman–Crippen MR) is 76.1 cm³/mol. The first-order chi connectivity index (χ1) is 9.38. The van der Waals surface area contributed by atoms with Gasteiger partial charge in [0.1, 0.15) is 0 Å². The standard InChI is InChI=1S/C15H26N2O3/c1-14(2,5-4-12(18)20-3)17-13(19)11-10-15(11)6-8-16-9-7-15/h11,16H,4-10H2,1-3H3,(H,17,19). The normalized spacial score (nSPS) is 24.2. The summed E-state index contributed by atoms with van der Waals surface area (Å²) in [4.78, 5) is 23.6. The topological polar surface area (TPSA) is 67.4 Å². The molecule has 1 aliphatic heterocycles. The fraction of sp³-hybridized carbons (Fsp3) is 0.867. The molecule has 0 aromatic heterocycles. The Morgan fingerprint density at radius 2 is 2.00 bits per heavy atom. The molecule has 2 aliphatic rings. The number of hydrogen-bond donors (Lipinski definition) is 2. The van der Waals surface area contributed by atoms with Gasteiger partial charge in [-0.15, -0.1) is 0 Å². The van der Waals surface area contributed by atoms with E-state index in [2.05, 4.69) is 15.4 Å². The quantitative estimate of drug-likeness (QED) is 0.744. The summed E-state index contributed by atoms with van der Waals surface area (Å²) in [5.41, 5.74) is -0.101. The van der Waals surface area contributed by atoms with Crippen LogP contribution in [0.25, 0.3) is 0 Å². The Labute approximate surface area is 120 Å². The number of esters is 1. The summed E-state index contributed by atoms with van der Waals surface area (Å²) in [5.74, 6) is 0.0948. The summed E-state index contributed by atoms with van der Waals surface area (Å²) in [6.07, 6.45) is 4.17. The molecular formula is C15H26N2O3. The van der Waals surface area contributed by atoms with Gasteiger partial charge in [0.15, 0.2) is 0 Å². The van der Waals surface area contributed by atoms with Crippen molar-refractivity contribution in [2.45, 2.75) is 51.5 Å². The van der Waals surface area contributed by atoms with Crippen molar-refractivity contribution in [2.24, 2.45) is 11.3 Å². The van der Waals surface area contributed by atoms with Gasteiger partial charge >= 0.3 is 5.97 Å². The van der Waals surface area contributed by atoms with Crippen molar-refractivity contribution in [3.63, 3.8) is 0 Å². The van der Waals surface area contributed by atoms with Crippen molar-refractivity contribution in [1.29, 1.82) is 0 Å². The second-order valence-electron chi connectivity index (χ2n) is 6.82. The highest BCUT2D eigenvalue weighted by Crippen LogP contribution is 2.58. The van der Waals surface area contributed by atoms with Crippen molar-refractivity contribution in [1.82, 2.24) is 10.6 Å². The molecule has 2 fully saturated rings. The maximum absolute atomic E-state index is 12.4. The lowest BCUT2D eigenvalue weighted by molar-refractivity contribution is -0.141. The monoisotopic (exact) mass is 282 g/mol. The number of ether oxygens (including phenoxy) is 1. The molecule has 0 aromatic rings. The molecule has 0 radical (unpaired) electrons. The molecule has 20 heavy (non-hydrogen) atoms. The van der Waals surface area contributed by atoms with Crippen LogP contribution in [0.4, 0.5) is 0 Å². The smallest absolute Gasteiger partial charge is 0.305 e. The largest absolute Gasteiger partial charge is 0.469 e. The van der Waals surface area contributed by atoms with Crippen LogP contribution in [0.15, 0.2) is 0 Å². The first-order valence-electron chi connectivity index (χ1n) is 7.48. The highest BCUT2D eigenvalue weighted by molar-refractivity contribution is 5.83. The van der Waals surface area contributed by atoms with E-state index in [1.807, 2.05) is 13.8 Å². The van der Waals surface area contributed by atoms with Gasteiger partial charge in [0.2, 0.25) is 5.91 Å². The van der Waals surface area contributed by atoms with Gasteiger partial charge in [-0.3, -0.25) is 9.59 Å². The lowest BCUT2D eigenvalue weighted by Crippen LogP contribution is -2.45. The van der Waals surface area contributed by atoms with Crippen LogP contribution in [0.1, 0.15) is 46.0 Å². The van der Waals surface area contributed by atoms with Gasteiger partial charge in [-0.25, -0.2) is 0 Å². The van der Waals surface area contributed by atoms with E-state index in [9.17, 15) is 9.59 Å². The van der Waals surface area contributed by atoms with Crippen LogP contribution >= 0.6 is 0 Å². The third-order valence-corrected chi connectivity index (χ3v) is 4.75. The molecule has 114 valence electrons. The first-order valence-corrected chi connectivity index (χ1v) is 7.48. The van der Waals surface area contributed by atoms with E-state index < -0.39 is 0 Å². The number of piperidine rings is 1. The second-order valence-corrected chi connectivity index (χ2v) is 6.82. The number of hydrogen-bond acceptors (Lipinski definition) is 4. The van der Waals surface area contributed by atoms with Crippen molar-refractivity contribution in [2.75, 3.05) is 20.2 Å². The Hall–Kier alpha value is -1.10. The average molecular weight is 282 g/mol. The van der Waals surface area contributed by atoms with Gasteiger partial charge in [0.05, 0.1) is 7.11 Å². The summed E-state index contributed by atoms with van der Waals surface area (Å²) < 4.78 is 4.64. The number of methoxy groups -OCH3 is 1. The van der Waals surface area contributed by atoms with Crippen LogP contribution in [0, 0.1) is 11.3 Å². The highest BCUT2D eigenvalue weighted by Gasteiger charge is 2.57. The lowest BCUT2D eigenvalue weighted by atomic mass is 9.91. The van der Waals surface area contributed by atoms with Gasteiger partial charge in [-0.05, 0) is 58.0 Å². The molecule has 1 amide bonds. The first kappa shape index (κ1) is 15.3. The Kier molecular flexibility index (Phi) is 4.37. The van der Waals surface area contributed by atoms with E-state index in [4.69, 9.17) is 0 Å². The molecule has 2 rings (SSSR count). The zero-order valence-electron chi connectivity index (χ0n) is 12.8. The van der Waals surface area contributed by atoms with E-state index in [0.29, 0.717) is 12.8 Å². The van der Waals surface area contributed by atoms with Gasteiger partial charge in [0.25, 0.3) is 0 Å². The van der Waals surface area contributed by atoms with Crippen molar-refractivity contribution in [3.8, 4) is 0 Å². The summed E-state index contributed by atoms with van der Waals surface area (Å²) in [6.45, 7) is 5.97. The van der Waals surface area contributed by atoms with Crippen LogP contribution in [-0.2, 0) is 14.3 Å². The van der Waals surface area contributed by atoms with E-state index in [1.54, 1.807) is 0 Å². The molecule has 1 unspecified atom stereocenters. The Morgan fingerprint density at radius 3 is 2.60 bits per heavy atom. The molecule has 2 N–H and O–H groups in total. The van der Waals surface area contributed by atoms with Gasteiger partial charge < -0.3 is 15.4 Å². The molecule has 5 heteroatoms. The van der Waals surface area contributed by atoms with Crippen molar-refractivity contribution < 1.29 is 14.3 Å². The van der Waals surface area contributed by atoms with E-state index in [1.165, 1.54) is 7.11 Å². The summed E-state index contributed by atoms with van der Waals surface area (Å²) in [7, 11) is 1.39. The minimum Gasteiger partial charge on any atom is -0.469 e. The number of carbonyl (C=O) groups excluding carboxylic acids is 2. The summed E-state index contributed by atoms with van der Waals surface area (Å²) in [6, 6.07) is 0. The van der Waals surface area contributed by atoms with Crippen LogP contribution in [0.2, 0.25) is 0 Å². The second kappa shape index (κ2) is 5.72. The summed E-state index contributed by atoms with van der Waals surface area (Å²) >= 11 is 0. The van der Waals surface area contributed by atoms with Gasteiger partial charge in [-0.1, -0.05) is 0 Å². The van der Waals surface area contributed by atoms with Crippen LogP contribution in [0.5, 0.6) is 0 Å². The molecule has 5 nitrogen and oxygen atoms in total. The molecule has 0 bridgehead atoms.